The number of fused-ring (bicyclic) bond motifs is 1. The van der Waals surface area contributed by atoms with Crippen molar-refractivity contribution in [3.63, 3.8) is 0 Å². The molecule has 0 fully saturated rings. The number of carbonyl (C=O) groups excluding carboxylic acids is 2. The molecule has 2 amide bonds. The molecule has 1 aliphatic heterocycles. The lowest BCUT2D eigenvalue weighted by Crippen LogP contribution is -2.46. The largest absolute Gasteiger partial charge is 0.465 e. The third-order valence-electron chi connectivity index (χ3n) is 4.97. The number of carbonyl (C=O) groups is 2. The summed E-state index contributed by atoms with van der Waals surface area (Å²) in [6, 6.07) is 20.6. The van der Waals surface area contributed by atoms with Gasteiger partial charge in [0.05, 0.1) is 24.9 Å². The van der Waals surface area contributed by atoms with E-state index in [0.29, 0.717) is 30.2 Å². The standard InChI is InChI=1S/C23H21N3O3/c1-29-22(27)19-11-5-6-12-20(19)26-21-18(10-7-14-24-21)16-25(23(26)28)15-13-17-8-3-2-4-9-17/h2-12,14H,13,15-16H2,1H3. The molecule has 6 heteroatoms. The summed E-state index contributed by atoms with van der Waals surface area (Å²) >= 11 is 0. The Hall–Kier alpha value is -3.67. The number of nitrogens with zero attached hydrogens (tertiary/aromatic N) is 3. The summed E-state index contributed by atoms with van der Waals surface area (Å²) in [5.74, 6) is 0.0529. The van der Waals surface area contributed by atoms with Crippen molar-refractivity contribution in [3.8, 4) is 0 Å². The van der Waals surface area contributed by atoms with Crippen LogP contribution in [0.15, 0.2) is 72.9 Å². The minimum atomic E-state index is -0.493. The quantitative estimate of drug-likeness (QED) is 0.616. The Kier molecular flexibility index (Phi) is 5.24. The first-order valence-corrected chi connectivity index (χ1v) is 9.43. The Morgan fingerprint density at radius 2 is 1.79 bits per heavy atom. The van der Waals surface area contributed by atoms with E-state index >= 15 is 0 Å². The van der Waals surface area contributed by atoms with Crippen LogP contribution >= 0.6 is 0 Å². The van der Waals surface area contributed by atoms with Gasteiger partial charge in [0.1, 0.15) is 5.82 Å². The van der Waals surface area contributed by atoms with Crippen LogP contribution in [0, 0.1) is 0 Å². The Morgan fingerprint density at radius 1 is 1.03 bits per heavy atom. The van der Waals surface area contributed by atoms with E-state index in [4.69, 9.17) is 4.74 Å². The van der Waals surface area contributed by atoms with Crippen LogP contribution in [0.5, 0.6) is 0 Å². The van der Waals surface area contributed by atoms with Gasteiger partial charge in [-0.05, 0) is 30.2 Å². The average molecular weight is 387 g/mol. The predicted molar refractivity (Wildman–Crippen MR) is 110 cm³/mol. The molecule has 1 aromatic heterocycles. The molecule has 0 atom stereocenters. The smallest absolute Gasteiger partial charge is 0.339 e. The van der Waals surface area contributed by atoms with Gasteiger partial charge in [0.2, 0.25) is 0 Å². The van der Waals surface area contributed by atoms with Crippen molar-refractivity contribution in [3.05, 3.63) is 89.6 Å². The van der Waals surface area contributed by atoms with Crippen LogP contribution in [0.3, 0.4) is 0 Å². The maximum Gasteiger partial charge on any atom is 0.339 e. The lowest BCUT2D eigenvalue weighted by molar-refractivity contribution is 0.0601. The number of pyridine rings is 1. The fourth-order valence-corrected chi connectivity index (χ4v) is 3.51. The van der Waals surface area contributed by atoms with E-state index in [0.717, 1.165) is 12.0 Å². The van der Waals surface area contributed by atoms with E-state index in [9.17, 15) is 9.59 Å². The number of benzene rings is 2. The van der Waals surface area contributed by atoms with Crippen molar-refractivity contribution >= 4 is 23.5 Å². The second-order valence-corrected chi connectivity index (χ2v) is 6.77. The number of ether oxygens (including phenoxy) is 1. The number of esters is 1. The molecular weight excluding hydrogens is 366 g/mol. The highest BCUT2D eigenvalue weighted by molar-refractivity contribution is 6.06. The molecule has 0 spiro atoms. The summed E-state index contributed by atoms with van der Waals surface area (Å²) in [5, 5.41) is 0. The highest BCUT2D eigenvalue weighted by Gasteiger charge is 2.34. The van der Waals surface area contributed by atoms with Crippen LogP contribution in [-0.2, 0) is 17.7 Å². The first-order chi connectivity index (χ1) is 14.2. The Bertz CT molecular complexity index is 1040. The summed E-state index contributed by atoms with van der Waals surface area (Å²) in [4.78, 5) is 33.5. The molecule has 0 radical (unpaired) electrons. The van der Waals surface area contributed by atoms with Gasteiger partial charge < -0.3 is 9.64 Å². The molecule has 4 rings (SSSR count). The van der Waals surface area contributed by atoms with E-state index in [1.54, 1.807) is 35.4 Å². The number of hydrogen-bond acceptors (Lipinski definition) is 4. The van der Waals surface area contributed by atoms with Crippen molar-refractivity contribution in [2.24, 2.45) is 0 Å². The molecular formula is C23H21N3O3. The fraction of sp³-hybridized carbons (Fsp3) is 0.174. The molecule has 1 aliphatic rings. The summed E-state index contributed by atoms with van der Waals surface area (Å²) in [7, 11) is 1.33. The van der Waals surface area contributed by atoms with Crippen LogP contribution in [0.4, 0.5) is 16.3 Å². The molecule has 3 aromatic rings. The molecule has 146 valence electrons. The SMILES string of the molecule is COC(=O)c1ccccc1N1C(=O)N(CCc2ccccc2)Cc2cccnc21. The minimum Gasteiger partial charge on any atom is -0.465 e. The number of anilines is 2. The molecule has 0 N–H and O–H groups in total. The summed E-state index contributed by atoms with van der Waals surface area (Å²) in [6.45, 7) is 1.04. The van der Waals surface area contributed by atoms with Gasteiger partial charge in [-0.3, -0.25) is 0 Å². The van der Waals surface area contributed by atoms with Crippen LogP contribution in [0.1, 0.15) is 21.5 Å². The van der Waals surface area contributed by atoms with Gasteiger partial charge >= 0.3 is 12.0 Å². The van der Waals surface area contributed by atoms with Gasteiger partial charge in [0, 0.05) is 18.3 Å². The van der Waals surface area contributed by atoms with Crippen molar-refractivity contribution < 1.29 is 14.3 Å². The maximum atomic E-state index is 13.4. The third-order valence-corrected chi connectivity index (χ3v) is 4.97. The average Bonchev–Trinajstić information content (AvgIpc) is 2.78. The van der Waals surface area contributed by atoms with Crippen molar-refractivity contribution in [1.29, 1.82) is 0 Å². The number of urea groups is 1. The Balaban J connectivity index is 1.71. The van der Waals surface area contributed by atoms with Gasteiger partial charge in [-0.15, -0.1) is 0 Å². The zero-order chi connectivity index (χ0) is 20.2. The van der Waals surface area contributed by atoms with Gasteiger partial charge in [-0.2, -0.15) is 0 Å². The van der Waals surface area contributed by atoms with Crippen molar-refractivity contribution in [2.75, 3.05) is 18.6 Å². The Labute approximate surface area is 169 Å². The van der Waals surface area contributed by atoms with E-state index in [1.165, 1.54) is 17.6 Å². The molecule has 6 nitrogen and oxygen atoms in total. The van der Waals surface area contributed by atoms with Gasteiger partial charge in [-0.1, -0.05) is 48.5 Å². The second kappa shape index (κ2) is 8.14. The van der Waals surface area contributed by atoms with Gasteiger partial charge in [0.25, 0.3) is 0 Å². The van der Waals surface area contributed by atoms with Crippen molar-refractivity contribution in [2.45, 2.75) is 13.0 Å². The van der Waals surface area contributed by atoms with E-state index in [2.05, 4.69) is 4.98 Å². The fourth-order valence-electron chi connectivity index (χ4n) is 3.51. The highest BCUT2D eigenvalue weighted by Crippen LogP contribution is 2.35. The number of amides is 2. The first kappa shape index (κ1) is 18.7. The summed E-state index contributed by atoms with van der Waals surface area (Å²) in [6.07, 6.45) is 2.40. The molecule has 2 heterocycles. The summed E-state index contributed by atoms with van der Waals surface area (Å²) < 4.78 is 4.91. The topological polar surface area (TPSA) is 62.7 Å². The predicted octanol–water partition coefficient (Wildman–Crippen LogP) is 4.18. The first-order valence-electron chi connectivity index (χ1n) is 9.43. The lowest BCUT2D eigenvalue weighted by atomic mass is 10.1. The lowest BCUT2D eigenvalue weighted by Gasteiger charge is -2.36. The normalized spacial score (nSPS) is 13.2. The molecule has 29 heavy (non-hydrogen) atoms. The van der Waals surface area contributed by atoms with Crippen LogP contribution in [0.2, 0.25) is 0 Å². The monoisotopic (exact) mass is 387 g/mol. The number of hydrogen-bond donors (Lipinski definition) is 0. The van der Waals surface area contributed by atoms with E-state index in [1.807, 2.05) is 42.5 Å². The van der Waals surface area contributed by atoms with Crippen LogP contribution < -0.4 is 4.90 Å². The number of methoxy groups -OCH3 is 1. The molecule has 0 saturated heterocycles. The maximum absolute atomic E-state index is 13.4. The molecule has 2 aromatic carbocycles. The van der Waals surface area contributed by atoms with Crippen LogP contribution in [-0.4, -0.2) is 35.5 Å². The number of para-hydroxylation sites is 1. The molecule has 0 saturated carbocycles. The molecule has 0 bridgehead atoms. The van der Waals surface area contributed by atoms with Crippen LogP contribution in [0.25, 0.3) is 0 Å². The molecule has 0 aliphatic carbocycles. The van der Waals surface area contributed by atoms with Crippen molar-refractivity contribution in [1.82, 2.24) is 9.88 Å². The minimum absolute atomic E-state index is 0.205. The van der Waals surface area contributed by atoms with Gasteiger partial charge in [0.15, 0.2) is 0 Å². The number of aromatic nitrogens is 1. The third kappa shape index (κ3) is 3.69. The zero-order valence-electron chi connectivity index (χ0n) is 16.1. The van der Waals surface area contributed by atoms with E-state index < -0.39 is 5.97 Å². The zero-order valence-corrected chi connectivity index (χ0v) is 16.1. The second-order valence-electron chi connectivity index (χ2n) is 6.77. The highest BCUT2D eigenvalue weighted by atomic mass is 16.5. The van der Waals surface area contributed by atoms with Gasteiger partial charge in [-0.25, -0.2) is 19.5 Å². The Morgan fingerprint density at radius 3 is 2.59 bits per heavy atom. The van der Waals surface area contributed by atoms with E-state index in [-0.39, 0.29) is 6.03 Å². The summed E-state index contributed by atoms with van der Waals surface area (Å²) in [5.41, 5.74) is 2.89. The number of rotatable bonds is 5. The molecule has 0 unspecified atom stereocenters.